The fourth-order valence-electron chi connectivity index (χ4n) is 2.06. The lowest BCUT2D eigenvalue weighted by Crippen LogP contribution is -2.34. The number of nitrogens with one attached hydrogen (secondary N) is 2. The highest BCUT2D eigenvalue weighted by atomic mass is 79.9. The molecular formula is C13H17BrN2O3. The molecule has 0 aromatic heterocycles. The van der Waals surface area contributed by atoms with Crippen LogP contribution in [-0.2, 0) is 0 Å². The second-order valence-electron chi connectivity index (χ2n) is 4.55. The van der Waals surface area contributed by atoms with Crippen molar-refractivity contribution in [2.24, 2.45) is 5.92 Å². The van der Waals surface area contributed by atoms with Crippen LogP contribution >= 0.6 is 15.9 Å². The highest BCUT2D eigenvalue weighted by Crippen LogP contribution is 2.25. The number of aliphatic hydroxyl groups is 1. The molecule has 104 valence electrons. The standard InChI is InChI=1S/C13H17BrN2O3/c1-19-12-3-2-8(4-10(12)14)13(18)16-6-9-5-15-7-11(9)17/h2-4,9,11,15,17H,5-7H2,1H3,(H,16,18). The molecule has 2 unspecified atom stereocenters. The third-order valence-corrected chi connectivity index (χ3v) is 3.86. The fraction of sp³-hybridized carbons (Fsp3) is 0.462. The molecule has 1 heterocycles. The van der Waals surface area contributed by atoms with E-state index in [0.717, 1.165) is 11.0 Å². The van der Waals surface area contributed by atoms with Crippen molar-refractivity contribution < 1.29 is 14.6 Å². The first kappa shape index (κ1) is 14.3. The maximum absolute atomic E-state index is 12.0. The van der Waals surface area contributed by atoms with Gasteiger partial charge < -0.3 is 20.5 Å². The second-order valence-corrected chi connectivity index (χ2v) is 5.40. The first-order chi connectivity index (χ1) is 9.11. The van der Waals surface area contributed by atoms with Gasteiger partial charge >= 0.3 is 0 Å². The molecule has 19 heavy (non-hydrogen) atoms. The lowest BCUT2D eigenvalue weighted by molar-refractivity contribution is 0.0927. The molecule has 1 aliphatic heterocycles. The average Bonchev–Trinajstić information content (AvgIpc) is 2.81. The molecular weight excluding hydrogens is 312 g/mol. The molecule has 0 spiro atoms. The molecule has 5 nitrogen and oxygen atoms in total. The number of carbonyl (C=O) groups excluding carboxylic acids is 1. The molecule has 2 rings (SSSR count). The smallest absolute Gasteiger partial charge is 0.251 e. The number of hydrogen-bond donors (Lipinski definition) is 3. The third-order valence-electron chi connectivity index (χ3n) is 3.24. The SMILES string of the molecule is COc1ccc(C(=O)NCC2CNCC2O)cc1Br. The van der Waals surface area contributed by atoms with Gasteiger partial charge in [0.25, 0.3) is 5.91 Å². The van der Waals surface area contributed by atoms with Crippen molar-refractivity contribution in [3.63, 3.8) is 0 Å². The molecule has 2 atom stereocenters. The van der Waals surface area contributed by atoms with Crippen molar-refractivity contribution in [1.82, 2.24) is 10.6 Å². The van der Waals surface area contributed by atoms with Gasteiger partial charge in [0.2, 0.25) is 0 Å². The molecule has 0 aliphatic carbocycles. The summed E-state index contributed by atoms with van der Waals surface area (Å²) in [5.74, 6) is 0.611. The Morgan fingerprint density at radius 2 is 2.37 bits per heavy atom. The van der Waals surface area contributed by atoms with Crippen molar-refractivity contribution in [2.45, 2.75) is 6.10 Å². The van der Waals surface area contributed by atoms with Crippen LogP contribution in [0.2, 0.25) is 0 Å². The maximum atomic E-state index is 12.0. The van der Waals surface area contributed by atoms with Crippen LogP contribution in [0.15, 0.2) is 22.7 Å². The van der Waals surface area contributed by atoms with Crippen LogP contribution in [0.1, 0.15) is 10.4 Å². The summed E-state index contributed by atoms with van der Waals surface area (Å²) in [6.45, 7) is 1.79. The molecule has 1 aliphatic rings. The summed E-state index contributed by atoms with van der Waals surface area (Å²) in [5.41, 5.74) is 0.563. The summed E-state index contributed by atoms with van der Waals surface area (Å²) < 4.78 is 5.86. The Morgan fingerprint density at radius 1 is 1.58 bits per heavy atom. The predicted molar refractivity (Wildman–Crippen MR) is 75.4 cm³/mol. The molecule has 1 aromatic rings. The summed E-state index contributed by atoms with van der Waals surface area (Å²) in [7, 11) is 1.58. The van der Waals surface area contributed by atoms with E-state index in [0.29, 0.717) is 24.4 Å². The van der Waals surface area contributed by atoms with Crippen LogP contribution in [0.4, 0.5) is 0 Å². The minimum absolute atomic E-state index is 0.0747. The number of rotatable bonds is 4. The number of methoxy groups -OCH3 is 1. The minimum atomic E-state index is -0.386. The fourth-order valence-corrected chi connectivity index (χ4v) is 2.60. The molecule has 6 heteroatoms. The largest absolute Gasteiger partial charge is 0.496 e. The molecule has 1 saturated heterocycles. The van der Waals surface area contributed by atoms with Gasteiger partial charge in [-0.05, 0) is 34.1 Å². The van der Waals surface area contributed by atoms with E-state index in [2.05, 4.69) is 26.6 Å². The van der Waals surface area contributed by atoms with Crippen molar-refractivity contribution >= 4 is 21.8 Å². The molecule has 3 N–H and O–H groups in total. The summed E-state index contributed by atoms with van der Waals surface area (Å²) in [6, 6.07) is 5.17. The third kappa shape index (κ3) is 3.46. The molecule has 1 amide bonds. The van der Waals surface area contributed by atoms with Crippen LogP contribution in [0, 0.1) is 5.92 Å². The van der Waals surface area contributed by atoms with E-state index in [4.69, 9.17) is 4.74 Å². The number of benzene rings is 1. The predicted octanol–water partition coefficient (Wildman–Crippen LogP) is 0.768. The molecule has 0 bridgehead atoms. The van der Waals surface area contributed by atoms with E-state index < -0.39 is 0 Å². The van der Waals surface area contributed by atoms with E-state index in [1.54, 1.807) is 25.3 Å². The Morgan fingerprint density at radius 3 is 2.95 bits per heavy atom. The Kier molecular flexibility index (Phi) is 4.79. The van der Waals surface area contributed by atoms with Crippen molar-refractivity contribution in [3.05, 3.63) is 28.2 Å². The van der Waals surface area contributed by atoms with Crippen LogP contribution < -0.4 is 15.4 Å². The Hall–Kier alpha value is -1.11. The number of aliphatic hydroxyl groups excluding tert-OH is 1. The van der Waals surface area contributed by atoms with Crippen LogP contribution in [0.5, 0.6) is 5.75 Å². The number of hydrogen-bond acceptors (Lipinski definition) is 4. The zero-order valence-electron chi connectivity index (χ0n) is 10.6. The normalized spacial score (nSPS) is 22.3. The second kappa shape index (κ2) is 6.36. The van der Waals surface area contributed by atoms with E-state index in [1.807, 2.05) is 0 Å². The molecule has 0 radical (unpaired) electrons. The van der Waals surface area contributed by atoms with Gasteiger partial charge in [0.15, 0.2) is 0 Å². The van der Waals surface area contributed by atoms with Crippen LogP contribution in [-0.4, -0.2) is 43.9 Å². The van der Waals surface area contributed by atoms with E-state index in [9.17, 15) is 9.90 Å². The summed E-state index contributed by atoms with van der Waals surface area (Å²) >= 11 is 3.35. The number of halogens is 1. The van der Waals surface area contributed by atoms with Gasteiger partial charge in [-0.25, -0.2) is 0 Å². The Balaban J connectivity index is 1.94. The van der Waals surface area contributed by atoms with Crippen molar-refractivity contribution in [2.75, 3.05) is 26.7 Å². The van der Waals surface area contributed by atoms with Crippen LogP contribution in [0.25, 0.3) is 0 Å². The van der Waals surface area contributed by atoms with Crippen molar-refractivity contribution in [3.8, 4) is 5.75 Å². The van der Waals surface area contributed by atoms with Gasteiger partial charge in [0, 0.05) is 31.1 Å². The number of amides is 1. The summed E-state index contributed by atoms with van der Waals surface area (Å²) in [5, 5.41) is 15.6. The van der Waals surface area contributed by atoms with Crippen molar-refractivity contribution in [1.29, 1.82) is 0 Å². The lowest BCUT2D eigenvalue weighted by Gasteiger charge is -2.14. The quantitative estimate of drug-likeness (QED) is 0.763. The summed E-state index contributed by atoms with van der Waals surface area (Å²) in [4.78, 5) is 12.0. The first-order valence-corrected chi connectivity index (χ1v) is 6.91. The highest BCUT2D eigenvalue weighted by Gasteiger charge is 2.25. The topological polar surface area (TPSA) is 70.6 Å². The number of ether oxygens (including phenoxy) is 1. The zero-order chi connectivity index (χ0) is 13.8. The minimum Gasteiger partial charge on any atom is -0.496 e. The van der Waals surface area contributed by atoms with E-state index in [-0.39, 0.29) is 17.9 Å². The van der Waals surface area contributed by atoms with Gasteiger partial charge in [-0.3, -0.25) is 4.79 Å². The van der Waals surface area contributed by atoms with Crippen LogP contribution in [0.3, 0.4) is 0 Å². The van der Waals surface area contributed by atoms with E-state index in [1.165, 1.54) is 0 Å². The van der Waals surface area contributed by atoms with Gasteiger partial charge in [0.1, 0.15) is 5.75 Å². The van der Waals surface area contributed by atoms with Gasteiger partial charge in [0.05, 0.1) is 17.7 Å². The number of β-amino-alcohol motifs (C(OH)–C–C–N with tert-alkyl or cyclic N) is 1. The number of carbonyl (C=O) groups is 1. The molecule has 1 aromatic carbocycles. The highest BCUT2D eigenvalue weighted by molar-refractivity contribution is 9.10. The lowest BCUT2D eigenvalue weighted by atomic mass is 10.1. The van der Waals surface area contributed by atoms with Gasteiger partial charge in [-0.15, -0.1) is 0 Å². The average molecular weight is 329 g/mol. The van der Waals surface area contributed by atoms with Gasteiger partial charge in [-0.1, -0.05) is 0 Å². The van der Waals surface area contributed by atoms with Gasteiger partial charge in [-0.2, -0.15) is 0 Å². The first-order valence-electron chi connectivity index (χ1n) is 6.12. The summed E-state index contributed by atoms with van der Waals surface area (Å²) in [6.07, 6.45) is -0.386. The Bertz CT molecular complexity index is 467. The Labute approximate surface area is 120 Å². The zero-order valence-corrected chi connectivity index (χ0v) is 12.2. The monoisotopic (exact) mass is 328 g/mol. The van der Waals surface area contributed by atoms with E-state index >= 15 is 0 Å². The maximum Gasteiger partial charge on any atom is 0.251 e. The molecule has 1 fully saturated rings. The molecule has 0 saturated carbocycles.